The second-order valence-corrected chi connectivity index (χ2v) is 5.76. The molecule has 0 fully saturated rings. The molecule has 0 atom stereocenters. The minimum atomic E-state index is -3.70. The van der Waals surface area contributed by atoms with Crippen molar-refractivity contribution in [2.24, 2.45) is 0 Å². The zero-order chi connectivity index (χ0) is 13.2. The number of hydrogen-bond acceptors (Lipinski definition) is 5. The van der Waals surface area contributed by atoms with E-state index in [4.69, 9.17) is 9.52 Å². The molecule has 0 aliphatic heterocycles. The Morgan fingerprint density at radius 1 is 1.56 bits per heavy atom. The topological polar surface area (TPSA) is 99.4 Å². The van der Waals surface area contributed by atoms with Crippen LogP contribution in [0, 0.1) is 0 Å². The van der Waals surface area contributed by atoms with Gasteiger partial charge in [0.2, 0.25) is 0 Å². The van der Waals surface area contributed by atoms with Crippen LogP contribution in [0.25, 0.3) is 0 Å². The van der Waals surface area contributed by atoms with E-state index in [9.17, 15) is 8.42 Å². The third kappa shape index (κ3) is 2.30. The Kier molecular flexibility index (Phi) is 3.50. The zero-order valence-electron chi connectivity index (χ0n) is 9.70. The maximum Gasteiger partial charge on any atom is 0.260 e. The van der Waals surface area contributed by atoms with Gasteiger partial charge in [-0.2, -0.15) is 9.40 Å². The molecule has 2 aromatic rings. The third-order valence-corrected chi connectivity index (χ3v) is 4.32. The van der Waals surface area contributed by atoms with Gasteiger partial charge in [-0.25, -0.2) is 8.42 Å². The molecule has 0 radical (unpaired) electrons. The van der Waals surface area contributed by atoms with Gasteiger partial charge in [0.25, 0.3) is 10.0 Å². The second-order valence-electron chi connectivity index (χ2n) is 3.78. The van der Waals surface area contributed by atoms with E-state index in [2.05, 4.69) is 10.2 Å². The third-order valence-electron chi connectivity index (χ3n) is 2.50. The minimum absolute atomic E-state index is 0.0870. The average Bonchev–Trinajstić information content (AvgIpc) is 2.98. The van der Waals surface area contributed by atoms with Crippen LogP contribution < -0.4 is 0 Å². The van der Waals surface area contributed by atoms with E-state index in [0.29, 0.717) is 0 Å². The molecule has 0 saturated heterocycles. The van der Waals surface area contributed by atoms with Gasteiger partial charge < -0.3 is 9.52 Å². The molecule has 0 spiro atoms. The fourth-order valence-electron chi connectivity index (χ4n) is 1.52. The molecule has 0 unspecified atom stereocenters. The van der Waals surface area contributed by atoms with Crippen LogP contribution in [-0.2, 0) is 23.2 Å². The fraction of sp³-hybridized carbons (Fsp3) is 0.300. The summed E-state index contributed by atoms with van der Waals surface area (Å²) in [6.45, 7) is -0.201. The van der Waals surface area contributed by atoms with Crippen LogP contribution in [0.3, 0.4) is 0 Å². The molecule has 0 aromatic carbocycles. The Morgan fingerprint density at radius 2 is 2.33 bits per heavy atom. The molecule has 0 aliphatic rings. The summed E-state index contributed by atoms with van der Waals surface area (Å²) < 4.78 is 30.5. The number of furan rings is 1. The van der Waals surface area contributed by atoms with E-state index >= 15 is 0 Å². The first kappa shape index (κ1) is 12.8. The van der Waals surface area contributed by atoms with E-state index in [1.54, 1.807) is 6.07 Å². The highest BCUT2D eigenvalue weighted by atomic mass is 32.2. The molecule has 2 rings (SSSR count). The SMILES string of the molecule is CN(Cc1ccoc1)S(=O)(=O)c1[nH]ncc1CO. The number of H-pyrrole nitrogens is 1. The Labute approximate surface area is 104 Å². The largest absolute Gasteiger partial charge is 0.472 e. The van der Waals surface area contributed by atoms with E-state index < -0.39 is 10.0 Å². The van der Waals surface area contributed by atoms with E-state index in [0.717, 1.165) is 9.87 Å². The molecule has 7 nitrogen and oxygen atoms in total. The van der Waals surface area contributed by atoms with Crippen LogP contribution in [0.1, 0.15) is 11.1 Å². The van der Waals surface area contributed by atoms with Crippen LogP contribution >= 0.6 is 0 Å². The molecular weight excluding hydrogens is 258 g/mol. The molecule has 2 aromatic heterocycles. The number of hydrogen-bond donors (Lipinski definition) is 2. The predicted octanol–water partition coefficient (Wildman–Crippen LogP) is 0.316. The van der Waals surface area contributed by atoms with Crippen LogP contribution in [-0.4, -0.2) is 35.1 Å². The van der Waals surface area contributed by atoms with Crippen molar-refractivity contribution in [2.45, 2.75) is 18.2 Å². The summed E-state index contributed by atoms with van der Waals surface area (Å²) in [7, 11) is -2.25. The molecule has 18 heavy (non-hydrogen) atoms. The number of sulfonamides is 1. The van der Waals surface area contributed by atoms with Gasteiger partial charge in [-0.05, 0) is 6.07 Å². The summed E-state index contributed by atoms with van der Waals surface area (Å²) in [5, 5.41) is 15.0. The summed E-state index contributed by atoms with van der Waals surface area (Å²) in [5.74, 6) is 0. The highest BCUT2D eigenvalue weighted by Gasteiger charge is 2.25. The first-order valence-corrected chi connectivity index (χ1v) is 6.60. The zero-order valence-corrected chi connectivity index (χ0v) is 10.5. The first-order valence-electron chi connectivity index (χ1n) is 5.16. The van der Waals surface area contributed by atoms with E-state index in [-0.39, 0.29) is 23.7 Å². The lowest BCUT2D eigenvalue weighted by Crippen LogP contribution is -2.27. The van der Waals surface area contributed by atoms with E-state index in [1.807, 2.05) is 0 Å². The van der Waals surface area contributed by atoms with Crippen molar-refractivity contribution in [1.82, 2.24) is 14.5 Å². The molecule has 0 bridgehead atoms. The van der Waals surface area contributed by atoms with Gasteiger partial charge in [0.1, 0.15) is 0 Å². The lowest BCUT2D eigenvalue weighted by atomic mass is 10.3. The number of nitrogens with one attached hydrogen (secondary N) is 1. The van der Waals surface area contributed by atoms with Crippen molar-refractivity contribution >= 4 is 10.0 Å². The Balaban J connectivity index is 2.26. The molecule has 98 valence electrons. The normalized spacial score (nSPS) is 12.2. The van der Waals surface area contributed by atoms with Crippen molar-refractivity contribution in [1.29, 1.82) is 0 Å². The van der Waals surface area contributed by atoms with Crippen LogP contribution in [0.4, 0.5) is 0 Å². The summed E-state index contributed by atoms with van der Waals surface area (Å²) in [6.07, 6.45) is 4.25. The van der Waals surface area contributed by atoms with Gasteiger partial charge in [0.05, 0.1) is 25.3 Å². The molecule has 0 amide bonds. The summed E-state index contributed by atoms with van der Waals surface area (Å²) in [4.78, 5) is 0. The molecule has 8 heteroatoms. The predicted molar refractivity (Wildman–Crippen MR) is 61.9 cm³/mol. The summed E-state index contributed by atoms with van der Waals surface area (Å²) in [5.41, 5.74) is 0.986. The number of aliphatic hydroxyl groups excluding tert-OH is 1. The van der Waals surface area contributed by atoms with Crippen molar-refractivity contribution < 1.29 is 17.9 Å². The highest BCUT2D eigenvalue weighted by Crippen LogP contribution is 2.18. The average molecular weight is 271 g/mol. The summed E-state index contributed by atoms with van der Waals surface area (Å²) in [6, 6.07) is 1.69. The Bertz CT molecular complexity index is 603. The molecule has 0 aliphatic carbocycles. The lowest BCUT2D eigenvalue weighted by molar-refractivity contribution is 0.278. The van der Waals surface area contributed by atoms with Crippen LogP contribution in [0.5, 0.6) is 0 Å². The molecular formula is C10H13N3O4S. The van der Waals surface area contributed by atoms with Crippen molar-refractivity contribution in [3.05, 3.63) is 35.9 Å². The second kappa shape index (κ2) is 4.92. The van der Waals surface area contributed by atoms with E-state index in [1.165, 1.54) is 25.8 Å². The van der Waals surface area contributed by atoms with Gasteiger partial charge in [-0.1, -0.05) is 0 Å². The standard InChI is InChI=1S/C10H13N3O4S/c1-13(5-8-2-3-17-7-8)18(15,16)10-9(6-14)4-11-12-10/h2-4,7,14H,5-6H2,1H3,(H,11,12). The minimum Gasteiger partial charge on any atom is -0.472 e. The fourth-order valence-corrected chi connectivity index (χ4v) is 2.76. The monoisotopic (exact) mass is 271 g/mol. The van der Waals surface area contributed by atoms with Crippen LogP contribution in [0.15, 0.2) is 34.2 Å². The van der Waals surface area contributed by atoms with Crippen molar-refractivity contribution in [3.63, 3.8) is 0 Å². The van der Waals surface area contributed by atoms with Crippen molar-refractivity contribution in [2.75, 3.05) is 7.05 Å². The quantitative estimate of drug-likeness (QED) is 0.815. The van der Waals surface area contributed by atoms with Gasteiger partial charge in [0, 0.05) is 24.7 Å². The summed E-state index contributed by atoms with van der Waals surface area (Å²) >= 11 is 0. The lowest BCUT2D eigenvalue weighted by Gasteiger charge is -2.15. The smallest absolute Gasteiger partial charge is 0.260 e. The number of nitrogens with zero attached hydrogens (tertiary/aromatic N) is 2. The Hall–Kier alpha value is -1.64. The van der Waals surface area contributed by atoms with Gasteiger partial charge in [0.15, 0.2) is 5.03 Å². The maximum atomic E-state index is 12.2. The van der Waals surface area contributed by atoms with Gasteiger partial charge >= 0.3 is 0 Å². The number of rotatable bonds is 5. The molecule has 0 saturated carbocycles. The maximum absolute atomic E-state index is 12.2. The molecule has 2 N–H and O–H groups in total. The highest BCUT2D eigenvalue weighted by molar-refractivity contribution is 7.89. The Morgan fingerprint density at radius 3 is 2.94 bits per heavy atom. The molecule has 2 heterocycles. The van der Waals surface area contributed by atoms with Gasteiger partial charge in [-0.15, -0.1) is 0 Å². The van der Waals surface area contributed by atoms with Crippen molar-refractivity contribution in [3.8, 4) is 0 Å². The number of aromatic nitrogens is 2. The number of aliphatic hydroxyl groups is 1. The number of aromatic amines is 1. The van der Waals surface area contributed by atoms with Crippen LogP contribution in [0.2, 0.25) is 0 Å². The first-order chi connectivity index (χ1) is 8.55. The van der Waals surface area contributed by atoms with Gasteiger partial charge in [-0.3, -0.25) is 5.10 Å².